The molecule has 0 heterocycles. The fourth-order valence-electron chi connectivity index (χ4n) is 2.14. The van der Waals surface area contributed by atoms with Crippen LogP contribution in [-0.4, -0.2) is 14.2 Å². The van der Waals surface area contributed by atoms with Crippen LogP contribution in [0.3, 0.4) is 0 Å². The average Bonchev–Trinajstić information content (AvgIpc) is 2.46. The maximum Gasteiger partial charge on any atom is 0.133 e. The van der Waals surface area contributed by atoms with Gasteiger partial charge in [-0.05, 0) is 87.4 Å². The fourth-order valence-corrected chi connectivity index (χ4v) is 3.06. The quantitative estimate of drug-likeness (QED) is 0.681. The molecule has 0 fully saturated rings. The standard InChI is InChI=1S/C16H17BrINO/c1-19-15(9-11-3-6-13(18)7-4-11)12-5-8-16(20-2)14(17)10-12/h3-8,10,15,19H,9H2,1-2H3. The highest BCUT2D eigenvalue weighted by atomic mass is 127. The summed E-state index contributed by atoms with van der Waals surface area (Å²) >= 11 is 5.87. The second-order valence-electron chi connectivity index (χ2n) is 4.57. The zero-order valence-corrected chi connectivity index (χ0v) is 15.2. The van der Waals surface area contributed by atoms with Crippen molar-refractivity contribution in [3.05, 3.63) is 61.6 Å². The second-order valence-corrected chi connectivity index (χ2v) is 6.67. The predicted molar refractivity (Wildman–Crippen MR) is 95.4 cm³/mol. The molecule has 106 valence electrons. The molecule has 0 aromatic heterocycles. The first kappa shape index (κ1) is 15.8. The predicted octanol–water partition coefficient (Wildman–Crippen LogP) is 4.57. The number of benzene rings is 2. The van der Waals surface area contributed by atoms with Gasteiger partial charge >= 0.3 is 0 Å². The first-order valence-electron chi connectivity index (χ1n) is 6.39. The summed E-state index contributed by atoms with van der Waals surface area (Å²) in [6, 6.07) is 15.2. The van der Waals surface area contributed by atoms with Gasteiger partial charge in [-0.15, -0.1) is 0 Å². The lowest BCUT2D eigenvalue weighted by Gasteiger charge is -2.18. The monoisotopic (exact) mass is 445 g/mol. The van der Waals surface area contributed by atoms with Crippen LogP contribution in [-0.2, 0) is 6.42 Å². The molecule has 0 aliphatic heterocycles. The van der Waals surface area contributed by atoms with Crippen molar-refractivity contribution < 1.29 is 4.74 Å². The van der Waals surface area contributed by atoms with Crippen LogP contribution in [0.1, 0.15) is 17.2 Å². The minimum Gasteiger partial charge on any atom is -0.496 e. The molecule has 0 saturated heterocycles. The highest BCUT2D eigenvalue weighted by Gasteiger charge is 2.12. The van der Waals surface area contributed by atoms with Gasteiger partial charge in [0, 0.05) is 9.61 Å². The number of likely N-dealkylation sites (N-methyl/N-ethyl adjacent to an activating group) is 1. The van der Waals surface area contributed by atoms with Crippen molar-refractivity contribution in [1.29, 1.82) is 0 Å². The molecule has 2 nitrogen and oxygen atoms in total. The van der Waals surface area contributed by atoms with E-state index in [1.165, 1.54) is 14.7 Å². The van der Waals surface area contributed by atoms with E-state index in [-0.39, 0.29) is 6.04 Å². The number of methoxy groups -OCH3 is 1. The van der Waals surface area contributed by atoms with E-state index in [0.717, 1.165) is 16.6 Å². The first-order chi connectivity index (χ1) is 9.63. The van der Waals surface area contributed by atoms with E-state index in [1.54, 1.807) is 7.11 Å². The van der Waals surface area contributed by atoms with Crippen LogP contribution in [0.15, 0.2) is 46.9 Å². The van der Waals surface area contributed by atoms with Gasteiger partial charge in [0.25, 0.3) is 0 Å². The summed E-state index contributed by atoms with van der Waals surface area (Å²) in [5.74, 6) is 0.859. The van der Waals surface area contributed by atoms with Gasteiger partial charge in [0.2, 0.25) is 0 Å². The lowest BCUT2D eigenvalue weighted by Crippen LogP contribution is -2.18. The maximum atomic E-state index is 5.28. The lowest BCUT2D eigenvalue weighted by atomic mass is 9.99. The third kappa shape index (κ3) is 3.96. The third-order valence-electron chi connectivity index (χ3n) is 3.28. The van der Waals surface area contributed by atoms with Crippen molar-refractivity contribution in [2.75, 3.05) is 14.2 Å². The van der Waals surface area contributed by atoms with Gasteiger partial charge in [0.05, 0.1) is 11.6 Å². The largest absolute Gasteiger partial charge is 0.496 e. The van der Waals surface area contributed by atoms with Crippen LogP contribution < -0.4 is 10.1 Å². The summed E-state index contributed by atoms with van der Waals surface area (Å²) in [7, 11) is 3.68. The van der Waals surface area contributed by atoms with Crippen molar-refractivity contribution in [2.24, 2.45) is 0 Å². The molecular formula is C16H17BrINO. The number of nitrogens with one attached hydrogen (secondary N) is 1. The number of rotatable bonds is 5. The van der Waals surface area contributed by atoms with Crippen LogP contribution in [0.5, 0.6) is 5.75 Å². The Hall–Kier alpha value is -0.590. The zero-order chi connectivity index (χ0) is 14.5. The highest BCUT2D eigenvalue weighted by molar-refractivity contribution is 14.1. The fraction of sp³-hybridized carbons (Fsp3) is 0.250. The highest BCUT2D eigenvalue weighted by Crippen LogP contribution is 2.29. The van der Waals surface area contributed by atoms with E-state index >= 15 is 0 Å². The number of halogens is 2. The van der Waals surface area contributed by atoms with Crippen molar-refractivity contribution in [3.8, 4) is 5.75 Å². The van der Waals surface area contributed by atoms with Gasteiger partial charge in [0.15, 0.2) is 0 Å². The van der Waals surface area contributed by atoms with Gasteiger partial charge < -0.3 is 10.1 Å². The summed E-state index contributed by atoms with van der Waals surface area (Å²) in [5.41, 5.74) is 2.58. The molecule has 1 unspecified atom stereocenters. The minimum absolute atomic E-state index is 0.289. The van der Waals surface area contributed by atoms with E-state index in [4.69, 9.17) is 4.74 Å². The second kappa shape index (κ2) is 7.43. The van der Waals surface area contributed by atoms with Crippen molar-refractivity contribution in [3.63, 3.8) is 0 Å². The number of hydrogen-bond acceptors (Lipinski definition) is 2. The summed E-state index contributed by atoms with van der Waals surface area (Å²) < 4.78 is 7.53. The molecule has 2 aromatic rings. The molecule has 4 heteroatoms. The Balaban J connectivity index is 2.19. The maximum absolute atomic E-state index is 5.28. The zero-order valence-electron chi connectivity index (χ0n) is 11.5. The molecule has 0 saturated carbocycles. The van der Waals surface area contributed by atoms with Crippen LogP contribution in [0.4, 0.5) is 0 Å². The Morgan fingerprint density at radius 2 is 1.90 bits per heavy atom. The van der Waals surface area contributed by atoms with E-state index in [2.05, 4.69) is 80.2 Å². The lowest BCUT2D eigenvalue weighted by molar-refractivity contribution is 0.411. The molecule has 0 aliphatic rings. The van der Waals surface area contributed by atoms with Crippen molar-refractivity contribution in [2.45, 2.75) is 12.5 Å². The van der Waals surface area contributed by atoms with Crippen LogP contribution in [0, 0.1) is 3.57 Å². The van der Waals surface area contributed by atoms with E-state index in [0.29, 0.717) is 0 Å². The van der Waals surface area contributed by atoms with Gasteiger partial charge in [0.1, 0.15) is 5.75 Å². The van der Waals surface area contributed by atoms with E-state index in [9.17, 15) is 0 Å². The summed E-state index contributed by atoms with van der Waals surface area (Å²) in [4.78, 5) is 0. The van der Waals surface area contributed by atoms with Crippen molar-refractivity contribution >= 4 is 38.5 Å². The SMILES string of the molecule is CNC(Cc1ccc(I)cc1)c1ccc(OC)c(Br)c1. The Morgan fingerprint density at radius 3 is 2.45 bits per heavy atom. The molecule has 1 atom stereocenters. The number of hydrogen-bond donors (Lipinski definition) is 1. The van der Waals surface area contributed by atoms with Gasteiger partial charge in [-0.2, -0.15) is 0 Å². The molecule has 0 radical (unpaired) electrons. The van der Waals surface area contributed by atoms with Crippen LogP contribution in [0.25, 0.3) is 0 Å². The van der Waals surface area contributed by atoms with Gasteiger partial charge in [-0.3, -0.25) is 0 Å². The Bertz CT molecular complexity index is 571. The van der Waals surface area contributed by atoms with Gasteiger partial charge in [-0.1, -0.05) is 18.2 Å². The molecule has 0 spiro atoms. The molecular weight excluding hydrogens is 429 g/mol. The molecule has 1 N–H and O–H groups in total. The molecule has 2 aromatic carbocycles. The topological polar surface area (TPSA) is 21.3 Å². The summed E-state index contributed by atoms with van der Waals surface area (Å²) in [6.07, 6.45) is 0.964. The summed E-state index contributed by atoms with van der Waals surface area (Å²) in [6.45, 7) is 0. The average molecular weight is 446 g/mol. The number of ether oxygens (including phenoxy) is 1. The smallest absolute Gasteiger partial charge is 0.133 e. The first-order valence-corrected chi connectivity index (χ1v) is 8.26. The Morgan fingerprint density at radius 1 is 1.20 bits per heavy atom. The normalized spacial score (nSPS) is 12.2. The Labute approximate surface area is 142 Å². The molecule has 0 aliphatic carbocycles. The van der Waals surface area contributed by atoms with E-state index in [1.807, 2.05) is 13.1 Å². The third-order valence-corrected chi connectivity index (χ3v) is 4.62. The van der Waals surface area contributed by atoms with Gasteiger partial charge in [-0.25, -0.2) is 0 Å². The van der Waals surface area contributed by atoms with Crippen LogP contribution in [0.2, 0.25) is 0 Å². The molecule has 0 bridgehead atoms. The minimum atomic E-state index is 0.289. The van der Waals surface area contributed by atoms with Crippen molar-refractivity contribution in [1.82, 2.24) is 5.32 Å². The van der Waals surface area contributed by atoms with E-state index < -0.39 is 0 Å². The molecule has 2 rings (SSSR count). The summed E-state index contributed by atoms with van der Waals surface area (Å²) in [5, 5.41) is 3.38. The molecule has 20 heavy (non-hydrogen) atoms. The van der Waals surface area contributed by atoms with Crippen LogP contribution >= 0.6 is 38.5 Å². The molecule has 0 amide bonds. The Kier molecular flexibility index (Phi) is 5.86.